The second-order valence-electron chi connectivity index (χ2n) is 7.10. The third-order valence-electron chi connectivity index (χ3n) is 4.56. The molecule has 0 radical (unpaired) electrons. The number of aldehydes is 1. The first-order valence-corrected chi connectivity index (χ1v) is 10.1. The molecule has 3 rings (SSSR count). The standard InChI is InChI=1S/C24H26FNO5/c1-2-29-24-12-19(16-27)8-9-23(24)31-17-21(28)14-26(15-22-7-4-10-30-22)13-18-5-3-6-20(25)11-18/h3-12,16,21,28H,2,13-15,17H2,1H3. The largest absolute Gasteiger partial charge is 0.490 e. The molecule has 1 unspecified atom stereocenters. The summed E-state index contributed by atoms with van der Waals surface area (Å²) in [6, 6.07) is 14.9. The van der Waals surface area contributed by atoms with E-state index in [9.17, 15) is 14.3 Å². The Hall–Kier alpha value is -3.16. The number of benzene rings is 2. The van der Waals surface area contributed by atoms with Gasteiger partial charge in [0.1, 0.15) is 30.6 Å². The molecule has 1 atom stereocenters. The van der Waals surface area contributed by atoms with Crippen LogP contribution in [0, 0.1) is 5.82 Å². The van der Waals surface area contributed by atoms with Crippen molar-refractivity contribution in [1.29, 1.82) is 0 Å². The van der Waals surface area contributed by atoms with Crippen LogP contribution in [0.2, 0.25) is 0 Å². The molecule has 1 aromatic heterocycles. The maximum atomic E-state index is 13.6. The highest BCUT2D eigenvalue weighted by Gasteiger charge is 2.16. The molecule has 31 heavy (non-hydrogen) atoms. The molecule has 0 aliphatic heterocycles. The number of ether oxygens (including phenoxy) is 2. The molecule has 0 saturated heterocycles. The Morgan fingerprint density at radius 1 is 1.10 bits per heavy atom. The molecule has 0 fully saturated rings. The summed E-state index contributed by atoms with van der Waals surface area (Å²) in [4.78, 5) is 12.9. The van der Waals surface area contributed by atoms with Gasteiger partial charge < -0.3 is 19.0 Å². The number of hydrogen-bond donors (Lipinski definition) is 1. The lowest BCUT2D eigenvalue weighted by atomic mass is 10.2. The lowest BCUT2D eigenvalue weighted by Gasteiger charge is -2.24. The molecular weight excluding hydrogens is 401 g/mol. The number of rotatable bonds is 12. The summed E-state index contributed by atoms with van der Waals surface area (Å²) in [6.07, 6.45) is 1.51. The van der Waals surface area contributed by atoms with Gasteiger partial charge in [0.25, 0.3) is 0 Å². The fourth-order valence-corrected chi connectivity index (χ4v) is 3.22. The molecule has 7 heteroatoms. The maximum Gasteiger partial charge on any atom is 0.161 e. The Bertz CT molecular complexity index is 960. The van der Waals surface area contributed by atoms with E-state index in [0.29, 0.717) is 36.8 Å². The lowest BCUT2D eigenvalue weighted by Crippen LogP contribution is -2.35. The Morgan fingerprint density at radius 2 is 1.97 bits per heavy atom. The quantitative estimate of drug-likeness (QED) is 0.439. The van der Waals surface area contributed by atoms with Crippen LogP contribution in [-0.2, 0) is 13.1 Å². The third kappa shape index (κ3) is 6.94. The smallest absolute Gasteiger partial charge is 0.161 e. The highest BCUT2D eigenvalue weighted by molar-refractivity contribution is 5.76. The van der Waals surface area contributed by atoms with E-state index in [1.807, 2.05) is 24.0 Å². The van der Waals surface area contributed by atoms with Gasteiger partial charge in [0.15, 0.2) is 11.5 Å². The summed E-state index contributed by atoms with van der Waals surface area (Å²) < 4.78 is 30.3. The Kier molecular flexibility index (Phi) is 8.20. The molecule has 0 aliphatic carbocycles. The first kappa shape index (κ1) is 22.5. The van der Waals surface area contributed by atoms with Crippen molar-refractivity contribution in [2.75, 3.05) is 19.8 Å². The van der Waals surface area contributed by atoms with Crippen LogP contribution in [0.15, 0.2) is 65.3 Å². The van der Waals surface area contributed by atoms with Gasteiger partial charge in [0.05, 0.1) is 19.4 Å². The minimum Gasteiger partial charge on any atom is -0.490 e. The lowest BCUT2D eigenvalue weighted by molar-refractivity contribution is 0.0593. The fraction of sp³-hybridized carbons (Fsp3) is 0.292. The van der Waals surface area contributed by atoms with Crippen LogP contribution in [0.5, 0.6) is 11.5 Å². The third-order valence-corrected chi connectivity index (χ3v) is 4.56. The number of aliphatic hydroxyl groups is 1. The van der Waals surface area contributed by atoms with Crippen molar-refractivity contribution in [2.24, 2.45) is 0 Å². The number of carbonyl (C=O) groups excluding carboxylic acids is 1. The van der Waals surface area contributed by atoms with Crippen LogP contribution in [-0.4, -0.2) is 42.2 Å². The number of hydrogen-bond acceptors (Lipinski definition) is 6. The second-order valence-corrected chi connectivity index (χ2v) is 7.10. The van der Waals surface area contributed by atoms with Crippen molar-refractivity contribution in [3.63, 3.8) is 0 Å². The van der Waals surface area contributed by atoms with Crippen LogP contribution < -0.4 is 9.47 Å². The predicted molar refractivity (Wildman–Crippen MR) is 114 cm³/mol. The summed E-state index contributed by atoms with van der Waals surface area (Å²) in [5, 5.41) is 10.6. The molecule has 0 spiro atoms. The first-order valence-electron chi connectivity index (χ1n) is 10.1. The number of carbonyl (C=O) groups is 1. The maximum absolute atomic E-state index is 13.6. The zero-order valence-electron chi connectivity index (χ0n) is 17.4. The van der Waals surface area contributed by atoms with Gasteiger partial charge in [0, 0.05) is 18.7 Å². The minimum absolute atomic E-state index is 0.0261. The SMILES string of the molecule is CCOc1cc(C=O)ccc1OCC(O)CN(Cc1cccc(F)c1)Cc1ccco1. The van der Waals surface area contributed by atoms with E-state index in [1.165, 1.54) is 12.1 Å². The van der Waals surface area contributed by atoms with Crippen molar-refractivity contribution in [1.82, 2.24) is 4.90 Å². The van der Waals surface area contributed by atoms with E-state index < -0.39 is 6.10 Å². The van der Waals surface area contributed by atoms with Gasteiger partial charge in [-0.05, 0) is 55.0 Å². The molecule has 3 aromatic rings. The van der Waals surface area contributed by atoms with Crippen molar-refractivity contribution in [3.05, 3.63) is 83.6 Å². The summed E-state index contributed by atoms with van der Waals surface area (Å²) in [6.45, 7) is 3.47. The molecule has 0 amide bonds. The molecule has 1 heterocycles. The van der Waals surface area contributed by atoms with E-state index in [2.05, 4.69) is 0 Å². The summed E-state index contributed by atoms with van der Waals surface area (Å²) in [7, 11) is 0. The van der Waals surface area contributed by atoms with Crippen LogP contribution in [0.4, 0.5) is 4.39 Å². The number of aliphatic hydroxyl groups excluding tert-OH is 1. The average Bonchev–Trinajstić information content (AvgIpc) is 3.26. The van der Waals surface area contributed by atoms with Crippen molar-refractivity contribution in [3.8, 4) is 11.5 Å². The summed E-state index contributed by atoms with van der Waals surface area (Å²) in [5.74, 6) is 1.34. The van der Waals surface area contributed by atoms with Crippen molar-refractivity contribution < 1.29 is 28.2 Å². The molecule has 0 saturated carbocycles. The zero-order valence-corrected chi connectivity index (χ0v) is 17.4. The van der Waals surface area contributed by atoms with E-state index in [-0.39, 0.29) is 19.0 Å². The van der Waals surface area contributed by atoms with Gasteiger partial charge >= 0.3 is 0 Å². The Labute approximate surface area is 180 Å². The summed E-state index contributed by atoms with van der Waals surface area (Å²) >= 11 is 0. The zero-order chi connectivity index (χ0) is 22.1. The molecule has 164 valence electrons. The van der Waals surface area contributed by atoms with Crippen molar-refractivity contribution in [2.45, 2.75) is 26.1 Å². The molecule has 2 aromatic carbocycles. The van der Waals surface area contributed by atoms with Gasteiger partial charge in [-0.25, -0.2) is 4.39 Å². The van der Waals surface area contributed by atoms with Gasteiger partial charge in [-0.1, -0.05) is 12.1 Å². The highest BCUT2D eigenvalue weighted by Crippen LogP contribution is 2.28. The molecule has 0 aliphatic rings. The molecule has 6 nitrogen and oxygen atoms in total. The molecular formula is C24H26FNO5. The van der Waals surface area contributed by atoms with E-state index in [0.717, 1.165) is 17.6 Å². The number of furan rings is 1. The van der Waals surface area contributed by atoms with E-state index in [1.54, 1.807) is 36.6 Å². The number of halogens is 1. The van der Waals surface area contributed by atoms with Gasteiger partial charge in [-0.2, -0.15) is 0 Å². The monoisotopic (exact) mass is 427 g/mol. The van der Waals surface area contributed by atoms with Gasteiger partial charge in [-0.15, -0.1) is 0 Å². The Balaban J connectivity index is 1.64. The molecule has 1 N–H and O–H groups in total. The van der Waals surface area contributed by atoms with Gasteiger partial charge in [0.2, 0.25) is 0 Å². The van der Waals surface area contributed by atoms with Crippen LogP contribution in [0.1, 0.15) is 28.6 Å². The first-order chi connectivity index (χ1) is 15.1. The van der Waals surface area contributed by atoms with Crippen LogP contribution in [0.25, 0.3) is 0 Å². The molecule has 0 bridgehead atoms. The fourth-order valence-electron chi connectivity index (χ4n) is 3.22. The van der Waals surface area contributed by atoms with Crippen LogP contribution >= 0.6 is 0 Å². The average molecular weight is 427 g/mol. The minimum atomic E-state index is -0.816. The van der Waals surface area contributed by atoms with E-state index in [4.69, 9.17) is 13.9 Å². The normalized spacial score (nSPS) is 12.0. The van der Waals surface area contributed by atoms with Crippen molar-refractivity contribution >= 4 is 6.29 Å². The highest BCUT2D eigenvalue weighted by atomic mass is 19.1. The predicted octanol–water partition coefficient (Wildman–Crippen LogP) is 4.07. The topological polar surface area (TPSA) is 72.1 Å². The number of nitrogens with zero attached hydrogens (tertiary/aromatic N) is 1. The Morgan fingerprint density at radius 3 is 2.68 bits per heavy atom. The summed E-state index contributed by atoms with van der Waals surface area (Å²) in [5.41, 5.74) is 1.28. The van der Waals surface area contributed by atoms with Gasteiger partial charge in [-0.3, -0.25) is 9.69 Å². The van der Waals surface area contributed by atoms with E-state index >= 15 is 0 Å². The van der Waals surface area contributed by atoms with Crippen LogP contribution in [0.3, 0.4) is 0 Å². The second kappa shape index (κ2) is 11.3.